The van der Waals surface area contributed by atoms with Gasteiger partial charge in [0.2, 0.25) is 0 Å². The Balaban J connectivity index is 2.18. The molecule has 0 aromatic carbocycles. The van der Waals surface area contributed by atoms with Gasteiger partial charge in [0, 0.05) is 5.92 Å². The Hall–Kier alpha value is -1.25. The monoisotopic (exact) mass is 208 g/mol. The topological polar surface area (TPSA) is 35.5 Å². The Bertz CT molecular complexity index is 352. The average molecular weight is 208 g/mol. The number of hydrogen-bond donors (Lipinski definition) is 0. The fourth-order valence-electron chi connectivity index (χ4n) is 2.34. The SMILES string of the molecule is CCOC(=O)C1=C(C)OC2C=C(C)CC12. The lowest BCUT2D eigenvalue weighted by Gasteiger charge is -2.10. The number of hydrogen-bond acceptors (Lipinski definition) is 3. The Morgan fingerprint density at radius 1 is 1.60 bits per heavy atom. The molecule has 0 bridgehead atoms. The van der Waals surface area contributed by atoms with Gasteiger partial charge in [0.15, 0.2) is 0 Å². The molecule has 0 N–H and O–H groups in total. The summed E-state index contributed by atoms with van der Waals surface area (Å²) in [5.41, 5.74) is 2.02. The van der Waals surface area contributed by atoms with E-state index < -0.39 is 0 Å². The maximum Gasteiger partial charge on any atom is 0.337 e. The van der Waals surface area contributed by atoms with E-state index >= 15 is 0 Å². The molecule has 2 unspecified atom stereocenters. The minimum absolute atomic E-state index is 0.0596. The van der Waals surface area contributed by atoms with Crippen LogP contribution in [0.5, 0.6) is 0 Å². The van der Waals surface area contributed by atoms with Gasteiger partial charge in [0.05, 0.1) is 12.2 Å². The Kier molecular flexibility index (Phi) is 2.55. The van der Waals surface area contributed by atoms with Crippen molar-refractivity contribution in [2.45, 2.75) is 33.3 Å². The van der Waals surface area contributed by atoms with E-state index in [0.717, 1.165) is 17.8 Å². The maximum atomic E-state index is 11.7. The Morgan fingerprint density at radius 2 is 2.33 bits per heavy atom. The molecule has 82 valence electrons. The highest BCUT2D eigenvalue weighted by Gasteiger charge is 2.41. The van der Waals surface area contributed by atoms with Crippen molar-refractivity contribution < 1.29 is 14.3 Å². The molecule has 2 rings (SSSR count). The molecule has 1 heterocycles. The van der Waals surface area contributed by atoms with Crippen LogP contribution in [-0.2, 0) is 14.3 Å². The first-order chi connectivity index (χ1) is 7.13. The minimum atomic E-state index is -0.217. The number of carbonyl (C=O) groups is 1. The molecule has 2 atom stereocenters. The second kappa shape index (κ2) is 3.72. The lowest BCUT2D eigenvalue weighted by atomic mass is 9.95. The van der Waals surface area contributed by atoms with E-state index in [-0.39, 0.29) is 18.0 Å². The van der Waals surface area contributed by atoms with Gasteiger partial charge < -0.3 is 9.47 Å². The van der Waals surface area contributed by atoms with Crippen molar-refractivity contribution >= 4 is 5.97 Å². The average Bonchev–Trinajstić information content (AvgIpc) is 2.59. The van der Waals surface area contributed by atoms with E-state index in [0.29, 0.717) is 6.61 Å². The van der Waals surface area contributed by atoms with Gasteiger partial charge in [0.25, 0.3) is 0 Å². The molecule has 2 aliphatic rings. The summed E-state index contributed by atoms with van der Waals surface area (Å²) in [5, 5.41) is 0. The molecule has 0 aromatic heterocycles. The van der Waals surface area contributed by atoms with Crippen molar-refractivity contribution in [3.63, 3.8) is 0 Å². The van der Waals surface area contributed by atoms with Crippen molar-refractivity contribution in [1.29, 1.82) is 0 Å². The summed E-state index contributed by atoms with van der Waals surface area (Å²) in [5.74, 6) is 0.696. The summed E-state index contributed by atoms with van der Waals surface area (Å²) in [6.07, 6.45) is 3.07. The van der Waals surface area contributed by atoms with Gasteiger partial charge in [-0.1, -0.05) is 5.57 Å². The van der Waals surface area contributed by atoms with Crippen molar-refractivity contribution in [2.75, 3.05) is 6.61 Å². The Morgan fingerprint density at radius 3 is 3.00 bits per heavy atom. The summed E-state index contributed by atoms with van der Waals surface area (Å²) in [6, 6.07) is 0. The molecule has 3 nitrogen and oxygen atoms in total. The van der Waals surface area contributed by atoms with E-state index in [9.17, 15) is 4.79 Å². The summed E-state index contributed by atoms with van der Waals surface area (Å²) in [6.45, 7) is 6.15. The lowest BCUT2D eigenvalue weighted by molar-refractivity contribution is -0.139. The third-order valence-corrected chi connectivity index (χ3v) is 2.95. The van der Waals surface area contributed by atoms with Crippen LogP contribution in [0.1, 0.15) is 27.2 Å². The minimum Gasteiger partial charge on any atom is -0.490 e. The smallest absolute Gasteiger partial charge is 0.337 e. The van der Waals surface area contributed by atoms with Crippen LogP contribution in [0, 0.1) is 5.92 Å². The van der Waals surface area contributed by atoms with Crippen LogP contribution in [0.25, 0.3) is 0 Å². The van der Waals surface area contributed by atoms with Gasteiger partial charge in [-0.3, -0.25) is 0 Å². The van der Waals surface area contributed by atoms with Crippen LogP contribution in [0.3, 0.4) is 0 Å². The van der Waals surface area contributed by atoms with Crippen LogP contribution in [0.2, 0.25) is 0 Å². The van der Waals surface area contributed by atoms with Gasteiger partial charge >= 0.3 is 5.97 Å². The molecule has 0 saturated carbocycles. The highest BCUT2D eigenvalue weighted by atomic mass is 16.5. The van der Waals surface area contributed by atoms with Crippen molar-refractivity contribution in [3.05, 3.63) is 23.0 Å². The number of rotatable bonds is 2. The van der Waals surface area contributed by atoms with Crippen molar-refractivity contribution in [3.8, 4) is 0 Å². The van der Waals surface area contributed by atoms with E-state index in [1.54, 1.807) is 0 Å². The van der Waals surface area contributed by atoms with E-state index in [1.807, 2.05) is 13.8 Å². The zero-order valence-electron chi connectivity index (χ0n) is 9.37. The predicted molar refractivity (Wildman–Crippen MR) is 56.1 cm³/mol. The zero-order valence-corrected chi connectivity index (χ0v) is 9.37. The molecule has 1 aliphatic heterocycles. The van der Waals surface area contributed by atoms with Crippen LogP contribution >= 0.6 is 0 Å². The second-order valence-corrected chi connectivity index (χ2v) is 4.10. The largest absolute Gasteiger partial charge is 0.490 e. The van der Waals surface area contributed by atoms with Crippen LogP contribution < -0.4 is 0 Å². The van der Waals surface area contributed by atoms with E-state index in [2.05, 4.69) is 13.0 Å². The molecule has 0 fully saturated rings. The summed E-state index contributed by atoms with van der Waals surface area (Å²) in [7, 11) is 0. The van der Waals surface area contributed by atoms with Crippen LogP contribution in [-0.4, -0.2) is 18.7 Å². The van der Waals surface area contributed by atoms with Gasteiger partial charge in [-0.15, -0.1) is 0 Å². The third-order valence-electron chi connectivity index (χ3n) is 2.95. The summed E-state index contributed by atoms with van der Waals surface area (Å²) in [4.78, 5) is 11.7. The van der Waals surface area contributed by atoms with Gasteiger partial charge in [-0.25, -0.2) is 4.79 Å². The number of carbonyl (C=O) groups excluding carboxylic acids is 1. The molecule has 0 spiro atoms. The highest BCUT2D eigenvalue weighted by molar-refractivity contribution is 5.90. The fraction of sp³-hybridized carbons (Fsp3) is 0.583. The number of fused-ring (bicyclic) bond motifs is 1. The summed E-state index contributed by atoms with van der Waals surface area (Å²) < 4.78 is 10.7. The maximum absolute atomic E-state index is 11.7. The van der Waals surface area contributed by atoms with E-state index in [4.69, 9.17) is 9.47 Å². The number of allylic oxidation sites excluding steroid dienone is 2. The second-order valence-electron chi connectivity index (χ2n) is 4.10. The number of esters is 1. The van der Waals surface area contributed by atoms with E-state index in [1.165, 1.54) is 5.57 Å². The van der Waals surface area contributed by atoms with Crippen molar-refractivity contribution in [2.24, 2.45) is 5.92 Å². The van der Waals surface area contributed by atoms with Gasteiger partial charge in [-0.2, -0.15) is 0 Å². The molecular weight excluding hydrogens is 192 g/mol. The van der Waals surface area contributed by atoms with Crippen LogP contribution in [0.4, 0.5) is 0 Å². The summed E-state index contributed by atoms with van der Waals surface area (Å²) >= 11 is 0. The zero-order chi connectivity index (χ0) is 11.0. The molecule has 15 heavy (non-hydrogen) atoms. The number of ether oxygens (including phenoxy) is 2. The first-order valence-corrected chi connectivity index (χ1v) is 5.35. The molecule has 0 radical (unpaired) electrons. The highest BCUT2D eigenvalue weighted by Crippen LogP contribution is 2.41. The Labute approximate surface area is 89.8 Å². The van der Waals surface area contributed by atoms with Crippen LogP contribution in [0.15, 0.2) is 23.0 Å². The first kappa shape index (κ1) is 10.3. The molecule has 0 amide bonds. The fourth-order valence-corrected chi connectivity index (χ4v) is 2.34. The van der Waals surface area contributed by atoms with Crippen molar-refractivity contribution in [1.82, 2.24) is 0 Å². The standard InChI is InChI=1S/C12H16O3/c1-4-14-12(13)11-8(3)15-10-6-7(2)5-9(10)11/h6,9-10H,4-5H2,1-3H3. The first-order valence-electron chi connectivity index (χ1n) is 5.35. The predicted octanol–water partition coefficient (Wildman–Crippen LogP) is 2.19. The normalized spacial score (nSPS) is 28.6. The molecule has 3 heteroatoms. The quantitative estimate of drug-likeness (QED) is 0.515. The molecule has 1 aliphatic carbocycles. The molecule has 0 saturated heterocycles. The van der Waals surface area contributed by atoms with Gasteiger partial charge in [0.1, 0.15) is 11.9 Å². The third kappa shape index (κ3) is 1.66. The molecular formula is C12H16O3. The van der Waals surface area contributed by atoms with Gasteiger partial charge in [-0.05, 0) is 33.3 Å². The molecule has 0 aromatic rings. The lowest BCUT2D eigenvalue weighted by Crippen LogP contribution is -2.17.